The summed E-state index contributed by atoms with van der Waals surface area (Å²) >= 11 is 6.52. The Bertz CT molecular complexity index is 1110. The quantitative estimate of drug-likeness (QED) is 0.707. The molecule has 0 bridgehead atoms. The lowest BCUT2D eigenvalue weighted by Crippen LogP contribution is -2.45. The second kappa shape index (κ2) is 5.44. The average Bonchev–Trinajstić information content (AvgIpc) is 3.18. The van der Waals surface area contributed by atoms with Gasteiger partial charge in [-0.1, -0.05) is 35.9 Å². The number of carbonyl (C=O) groups excluding carboxylic acids is 2. The number of nitrogens with one attached hydrogen (secondary N) is 1. The Kier molecular flexibility index (Phi) is 3.24. The molecule has 2 aliphatic heterocycles. The van der Waals surface area contributed by atoms with E-state index in [0.29, 0.717) is 22.0 Å². The minimum absolute atomic E-state index is 0.000387. The van der Waals surface area contributed by atoms with Crippen molar-refractivity contribution in [2.24, 2.45) is 0 Å². The molecule has 5 rings (SSSR count). The summed E-state index contributed by atoms with van der Waals surface area (Å²) in [5.74, 6) is 0.0935. The molecular formula is C20H15ClN4O2. The molecule has 134 valence electrons. The normalized spacial score (nSPS) is 20.6. The number of rotatable bonds is 1. The van der Waals surface area contributed by atoms with Crippen LogP contribution in [-0.4, -0.2) is 28.6 Å². The molecule has 7 heteroatoms. The largest absolute Gasteiger partial charge is 0.314 e. The van der Waals surface area contributed by atoms with Gasteiger partial charge in [0.2, 0.25) is 11.8 Å². The molecule has 0 saturated heterocycles. The molecular weight excluding hydrogens is 364 g/mol. The van der Waals surface area contributed by atoms with Gasteiger partial charge < -0.3 is 10.2 Å². The van der Waals surface area contributed by atoms with E-state index in [1.807, 2.05) is 36.4 Å². The Morgan fingerprint density at radius 2 is 1.89 bits per heavy atom. The van der Waals surface area contributed by atoms with Crippen molar-refractivity contribution in [3.8, 4) is 5.69 Å². The number of nitrogens with zero attached hydrogens (tertiary/aromatic N) is 3. The van der Waals surface area contributed by atoms with Crippen LogP contribution in [0.15, 0.2) is 54.7 Å². The van der Waals surface area contributed by atoms with Crippen LogP contribution in [-0.2, 0) is 15.0 Å². The third-order valence-electron chi connectivity index (χ3n) is 5.36. The summed E-state index contributed by atoms with van der Waals surface area (Å²) in [6.45, 7) is 0. The van der Waals surface area contributed by atoms with Gasteiger partial charge in [0.05, 0.1) is 11.9 Å². The molecule has 0 unspecified atom stereocenters. The van der Waals surface area contributed by atoms with Crippen molar-refractivity contribution >= 4 is 34.9 Å². The van der Waals surface area contributed by atoms with Crippen LogP contribution in [0.1, 0.15) is 17.5 Å². The lowest BCUT2D eigenvalue weighted by atomic mass is 9.71. The summed E-state index contributed by atoms with van der Waals surface area (Å²) in [4.78, 5) is 27.6. The standard InChI is InChI=1S/C20H15ClN4O2/c1-24-15-9-5-8-14(21)17(15)20(19(24)27)10-16(26)23-18-13(20)11-22-25(18)12-6-3-2-4-7-12/h2-9,11H,10H2,1H3,(H,23,26)/t20-/m0/s1. The van der Waals surface area contributed by atoms with Crippen LogP contribution >= 0.6 is 11.6 Å². The van der Waals surface area contributed by atoms with Crippen molar-refractivity contribution in [1.82, 2.24) is 9.78 Å². The molecule has 1 N–H and O–H groups in total. The molecule has 0 radical (unpaired) electrons. The third kappa shape index (κ3) is 1.99. The third-order valence-corrected chi connectivity index (χ3v) is 5.68. The average molecular weight is 379 g/mol. The molecule has 6 nitrogen and oxygen atoms in total. The molecule has 3 aromatic rings. The summed E-state index contributed by atoms with van der Waals surface area (Å²) in [5, 5.41) is 7.83. The maximum absolute atomic E-state index is 13.4. The van der Waals surface area contributed by atoms with Crippen molar-refractivity contribution in [2.75, 3.05) is 17.3 Å². The molecule has 0 saturated carbocycles. The van der Waals surface area contributed by atoms with Crippen molar-refractivity contribution in [3.05, 3.63) is 70.9 Å². The summed E-state index contributed by atoms with van der Waals surface area (Å²) in [6, 6.07) is 14.9. The summed E-state index contributed by atoms with van der Waals surface area (Å²) in [5.41, 5.74) is 1.69. The number of aromatic nitrogens is 2. The first-order valence-corrected chi connectivity index (χ1v) is 8.93. The highest BCUT2D eigenvalue weighted by molar-refractivity contribution is 6.33. The molecule has 0 aliphatic carbocycles. The van der Waals surface area contributed by atoms with E-state index in [-0.39, 0.29) is 18.2 Å². The fourth-order valence-corrected chi connectivity index (χ4v) is 4.52. The van der Waals surface area contributed by atoms with Crippen LogP contribution in [0, 0.1) is 0 Å². The Balaban J connectivity index is 1.82. The fourth-order valence-electron chi connectivity index (χ4n) is 4.19. The van der Waals surface area contributed by atoms with Gasteiger partial charge in [0, 0.05) is 35.3 Å². The maximum Gasteiger partial charge on any atom is 0.242 e. The van der Waals surface area contributed by atoms with Crippen LogP contribution in [0.2, 0.25) is 5.02 Å². The van der Waals surface area contributed by atoms with Crippen LogP contribution in [0.5, 0.6) is 0 Å². The second-order valence-electron chi connectivity index (χ2n) is 6.78. The summed E-state index contributed by atoms with van der Waals surface area (Å²) in [6.07, 6.45) is 1.66. The zero-order chi connectivity index (χ0) is 18.8. The van der Waals surface area contributed by atoms with Gasteiger partial charge in [-0.3, -0.25) is 9.59 Å². The molecule has 27 heavy (non-hydrogen) atoms. The molecule has 2 amide bonds. The molecule has 2 aromatic carbocycles. The van der Waals surface area contributed by atoms with Gasteiger partial charge in [-0.05, 0) is 24.3 Å². The van der Waals surface area contributed by atoms with Gasteiger partial charge in [-0.15, -0.1) is 0 Å². The highest BCUT2D eigenvalue weighted by atomic mass is 35.5. The topological polar surface area (TPSA) is 67.2 Å². The SMILES string of the molecule is CN1C(=O)[C@]2(CC(=O)Nc3c2cnn3-c2ccccc2)c2c(Cl)cccc21. The van der Waals surface area contributed by atoms with Gasteiger partial charge >= 0.3 is 0 Å². The minimum atomic E-state index is -1.16. The number of carbonyl (C=O) groups is 2. The number of likely N-dealkylation sites (N-methyl/N-ethyl adjacent to an activating group) is 1. The fraction of sp³-hybridized carbons (Fsp3) is 0.150. The number of fused-ring (bicyclic) bond motifs is 4. The first-order chi connectivity index (χ1) is 13.0. The van der Waals surface area contributed by atoms with Crippen LogP contribution < -0.4 is 10.2 Å². The number of benzene rings is 2. The highest BCUT2D eigenvalue weighted by Gasteiger charge is 2.57. The smallest absolute Gasteiger partial charge is 0.242 e. The lowest BCUT2D eigenvalue weighted by Gasteiger charge is -2.32. The number of amides is 2. The first kappa shape index (κ1) is 16.1. The molecule has 3 heterocycles. The van der Waals surface area contributed by atoms with Crippen LogP contribution in [0.25, 0.3) is 5.69 Å². The van der Waals surface area contributed by atoms with E-state index >= 15 is 0 Å². The second-order valence-corrected chi connectivity index (χ2v) is 7.19. The van der Waals surface area contributed by atoms with E-state index < -0.39 is 5.41 Å². The maximum atomic E-state index is 13.4. The van der Waals surface area contributed by atoms with E-state index in [4.69, 9.17) is 11.6 Å². The van der Waals surface area contributed by atoms with Crippen molar-refractivity contribution in [2.45, 2.75) is 11.8 Å². The number of halogens is 1. The molecule has 1 aromatic heterocycles. The minimum Gasteiger partial charge on any atom is -0.314 e. The van der Waals surface area contributed by atoms with Crippen molar-refractivity contribution in [1.29, 1.82) is 0 Å². The van der Waals surface area contributed by atoms with E-state index in [1.54, 1.807) is 35.0 Å². The Morgan fingerprint density at radius 3 is 2.67 bits per heavy atom. The van der Waals surface area contributed by atoms with E-state index in [0.717, 1.165) is 11.4 Å². The summed E-state index contributed by atoms with van der Waals surface area (Å²) < 4.78 is 1.65. The molecule has 2 aliphatic rings. The van der Waals surface area contributed by atoms with Gasteiger partial charge in [0.25, 0.3) is 0 Å². The zero-order valence-electron chi connectivity index (χ0n) is 14.4. The van der Waals surface area contributed by atoms with Crippen molar-refractivity contribution in [3.63, 3.8) is 0 Å². The monoisotopic (exact) mass is 378 g/mol. The number of hydrogen-bond acceptors (Lipinski definition) is 3. The Morgan fingerprint density at radius 1 is 1.11 bits per heavy atom. The number of anilines is 2. The molecule has 1 spiro atoms. The summed E-state index contributed by atoms with van der Waals surface area (Å²) in [7, 11) is 1.71. The number of hydrogen-bond donors (Lipinski definition) is 1. The van der Waals surface area contributed by atoms with Gasteiger partial charge in [-0.2, -0.15) is 5.10 Å². The predicted molar refractivity (Wildman–Crippen MR) is 102 cm³/mol. The van der Waals surface area contributed by atoms with E-state index in [2.05, 4.69) is 10.4 Å². The zero-order valence-corrected chi connectivity index (χ0v) is 15.2. The lowest BCUT2D eigenvalue weighted by molar-refractivity contribution is -0.126. The van der Waals surface area contributed by atoms with Crippen LogP contribution in [0.3, 0.4) is 0 Å². The highest BCUT2D eigenvalue weighted by Crippen LogP contribution is 2.54. The Hall–Kier alpha value is -3.12. The first-order valence-electron chi connectivity index (χ1n) is 8.55. The number of para-hydroxylation sites is 1. The van der Waals surface area contributed by atoms with E-state index in [1.165, 1.54) is 0 Å². The van der Waals surface area contributed by atoms with Gasteiger partial charge in [0.1, 0.15) is 11.2 Å². The van der Waals surface area contributed by atoms with Gasteiger partial charge in [0.15, 0.2) is 0 Å². The molecule has 1 atom stereocenters. The van der Waals surface area contributed by atoms with Crippen LogP contribution in [0.4, 0.5) is 11.5 Å². The Labute approximate surface area is 160 Å². The predicted octanol–water partition coefficient (Wildman–Crippen LogP) is 3.13. The van der Waals surface area contributed by atoms with Crippen molar-refractivity contribution < 1.29 is 9.59 Å². The van der Waals surface area contributed by atoms with E-state index in [9.17, 15) is 9.59 Å². The molecule has 0 fully saturated rings. The van der Waals surface area contributed by atoms with Gasteiger partial charge in [-0.25, -0.2) is 4.68 Å².